The number of nitriles is 1. The lowest BCUT2D eigenvalue weighted by atomic mass is 10.2. The zero-order valence-electron chi connectivity index (χ0n) is 9.71. The van der Waals surface area contributed by atoms with Crippen LogP contribution in [0.25, 0.3) is 0 Å². The summed E-state index contributed by atoms with van der Waals surface area (Å²) in [6, 6.07) is 11.5. The van der Waals surface area contributed by atoms with E-state index in [1.54, 1.807) is 4.90 Å². The molecule has 5 nitrogen and oxygen atoms in total. The first-order valence-electron chi connectivity index (χ1n) is 5.56. The van der Waals surface area contributed by atoms with E-state index in [4.69, 9.17) is 5.26 Å². The maximum absolute atomic E-state index is 11.8. The van der Waals surface area contributed by atoms with Gasteiger partial charge in [-0.15, -0.1) is 0 Å². The van der Waals surface area contributed by atoms with Crippen LogP contribution in [0.1, 0.15) is 6.42 Å². The molecular formula is C13H12N4O. The van der Waals surface area contributed by atoms with Crippen molar-refractivity contribution in [3.63, 3.8) is 0 Å². The van der Waals surface area contributed by atoms with Crippen LogP contribution in [-0.4, -0.2) is 16.5 Å². The van der Waals surface area contributed by atoms with Crippen molar-refractivity contribution in [3.8, 4) is 6.07 Å². The van der Waals surface area contributed by atoms with Gasteiger partial charge in [0.05, 0.1) is 12.5 Å². The smallest absolute Gasteiger partial charge is 0.291 e. The molecule has 0 atom stereocenters. The fourth-order valence-corrected chi connectivity index (χ4v) is 1.66. The van der Waals surface area contributed by atoms with Gasteiger partial charge in [0.2, 0.25) is 0 Å². The second kappa shape index (κ2) is 5.64. The quantitative estimate of drug-likeness (QED) is 0.884. The van der Waals surface area contributed by atoms with Gasteiger partial charge >= 0.3 is 0 Å². The topological polar surface area (TPSA) is 72.8 Å². The molecule has 1 aromatic carbocycles. The maximum atomic E-state index is 11.8. The van der Waals surface area contributed by atoms with Gasteiger partial charge < -0.3 is 9.88 Å². The molecule has 1 N–H and O–H groups in total. The summed E-state index contributed by atoms with van der Waals surface area (Å²) in [7, 11) is 0. The Hall–Kier alpha value is -2.61. The molecule has 1 aromatic heterocycles. The lowest BCUT2D eigenvalue weighted by Gasteiger charge is -2.21. The number of aromatic amines is 1. The highest BCUT2D eigenvalue weighted by molar-refractivity contribution is 5.58. The summed E-state index contributed by atoms with van der Waals surface area (Å²) in [5.74, 6) is 0.305. The van der Waals surface area contributed by atoms with Crippen LogP contribution >= 0.6 is 0 Å². The maximum Gasteiger partial charge on any atom is 0.291 e. The molecule has 2 rings (SSSR count). The van der Waals surface area contributed by atoms with E-state index in [-0.39, 0.29) is 5.56 Å². The van der Waals surface area contributed by atoms with Crippen molar-refractivity contribution in [2.24, 2.45) is 0 Å². The Bertz CT molecular complexity index is 600. The third-order valence-corrected chi connectivity index (χ3v) is 2.46. The van der Waals surface area contributed by atoms with E-state index < -0.39 is 0 Å². The number of nitrogens with one attached hydrogen (secondary N) is 1. The highest BCUT2D eigenvalue weighted by Gasteiger charge is 2.13. The summed E-state index contributed by atoms with van der Waals surface area (Å²) in [4.78, 5) is 20.2. The third-order valence-electron chi connectivity index (χ3n) is 2.46. The normalized spacial score (nSPS) is 9.72. The van der Waals surface area contributed by atoms with E-state index in [1.807, 2.05) is 30.3 Å². The molecule has 0 aliphatic carbocycles. The van der Waals surface area contributed by atoms with Gasteiger partial charge in [0.25, 0.3) is 5.56 Å². The predicted molar refractivity (Wildman–Crippen MR) is 68.5 cm³/mol. The van der Waals surface area contributed by atoms with Crippen molar-refractivity contribution in [1.29, 1.82) is 5.26 Å². The monoisotopic (exact) mass is 240 g/mol. The molecular weight excluding hydrogens is 228 g/mol. The molecule has 18 heavy (non-hydrogen) atoms. The third kappa shape index (κ3) is 2.55. The van der Waals surface area contributed by atoms with Gasteiger partial charge in [0.1, 0.15) is 0 Å². The molecule has 0 unspecified atom stereocenters. The average molecular weight is 240 g/mol. The Labute approximate surface area is 104 Å². The Kier molecular flexibility index (Phi) is 3.72. The fourth-order valence-electron chi connectivity index (χ4n) is 1.66. The lowest BCUT2D eigenvalue weighted by Crippen LogP contribution is -2.26. The first-order chi connectivity index (χ1) is 8.83. The van der Waals surface area contributed by atoms with E-state index in [2.05, 4.69) is 16.0 Å². The summed E-state index contributed by atoms with van der Waals surface area (Å²) in [5.41, 5.74) is 0.580. The zero-order valence-corrected chi connectivity index (χ0v) is 9.71. The van der Waals surface area contributed by atoms with Gasteiger partial charge in [-0.1, -0.05) is 18.2 Å². The molecule has 0 spiro atoms. The molecule has 5 heteroatoms. The van der Waals surface area contributed by atoms with Crippen molar-refractivity contribution >= 4 is 11.5 Å². The Balaban J connectivity index is 2.41. The van der Waals surface area contributed by atoms with Crippen LogP contribution in [0.4, 0.5) is 11.5 Å². The number of nitrogens with zero attached hydrogens (tertiary/aromatic N) is 3. The summed E-state index contributed by atoms with van der Waals surface area (Å²) in [6.45, 7) is 0.431. The van der Waals surface area contributed by atoms with Crippen LogP contribution in [0, 0.1) is 11.3 Å². The van der Waals surface area contributed by atoms with Crippen molar-refractivity contribution < 1.29 is 0 Å². The average Bonchev–Trinajstić information content (AvgIpc) is 2.42. The molecule has 90 valence electrons. The molecule has 0 fully saturated rings. The Morgan fingerprint density at radius 1 is 1.33 bits per heavy atom. The molecule has 0 bridgehead atoms. The number of anilines is 2. The van der Waals surface area contributed by atoms with Gasteiger partial charge in [-0.25, -0.2) is 4.98 Å². The van der Waals surface area contributed by atoms with Crippen molar-refractivity contribution in [2.75, 3.05) is 11.4 Å². The van der Waals surface area contributed by atoms with E-state index >= 15 is 0 Å². The van der Waals surface area contributed by atoms with E-state index in [0.29, 0.717) is 18.8 Å². The molecule has 2 aromatic rings. The number of H-pyrrole nitrogens is 1. The second-order valence-electron chi connectivity index (χ2n) is 3.64. The first kappa shape index (κ1) is 11.9. The van der Waals surface area contributed by atoms with E-state index in [9.17, 15) is 4.79 Å². The predicted octanol–water partition coefficient (Wildman–Crippen LogP) is 1.82. The largest absolute Gasteiger partial charge is 0.324 e. The van der Waals surface area contributed by atoms with Gasteiger partial charge in [-0.05, 0) is 12.1 Å². The van der Waals surface area contributed by atoms with Crippen LogP contribution in [0.2, 0.25) is 0 Å². The zero-order chi connectivity index (χ0) is 12.8. The number of benzene rings is 1. The van der Waals surface area contributed by atoms with E-state index in [0.717, 1.165) is 5.69 Å². The molecule has 0 saturated heterocycles. The fraction of sp³-hybridized carbons (Fsp3) is 0.154. The van der Waals surface area contributed by atoms with Crippen LogP contribution < -0.4 is 10.5 Å². The molecule has 0 amide bonds. The van der Waals surface area contributed by atoms with Crippen LogP contribution in [0.5, 0.6) is 0 Å². The van der Waals surface area contributed by atoms with Crippen LogP contribution in [-0.2, 0) is 0 Å². The number of rotatable bonds is 4. The van der Waals surface area contributed by atoms with Gasteiger partial charge in [-0.2, -0.15) is 5.26 Å². The highest BCUT2D eigenvalue weighted by atomic mass is 16.1. The van der Waals surface area contributed by atoms with Crippen LogP contribution in [0.3, 0.4) is 0 Å². The van der Waals surface area contributed by atoms with Crippen molar-refractivity contribution in [1.82, 2.24) is 9.97 Å². The number of hydrogen-bond acceptors (Lipinski definition) is 4. The lowest BCUT2D eigenvalue weighted by molar-refractivity contribution is 0.909. The van der Waals surface area contributed by atoms with Gasteiger partial charge in [0, 0.05) is 24.6 Å². The summed E-state index contributed by atoms with van der Waals surface area (Å²) >= 11 is 0. The molecule has 0 saturated carbocycles. The van der Waals surface area contributed by atoms with Gasteiger partial charge in [0.15, 0.2) is 5.82 Å². The van der Waals surface area contributed by atoms with Crippen molar-refractivity contribution in [3.05, 3.63) is 53.1 Å². The molecule has 0 radical (unpaired) electrons. The summed E-state index contributed by atoms with van der Waals surface area (Å²) in [5, 5.41) is 8.70. The first-order valence-corrected chi connectivity index (χ1v) is 5.56. The van der Waals surface area contributed by atoms with E-state index in [1.165, 1.54) is 12.4 Å². The van der Waals surface area contributed by atoms with Gasteiger partial charge in [-0.3, -0.25) is 4.79 Å². The number of para-hydroxylation sites is 1. The van der Waals surface area contributed by atoms with Crippen LogP contribution in [0.15, 0.2) is 47.5 Å². The summed E-state index contributed by atoms with van der Waals surface area (Å²) in [6.07, 6.45) is 3.34. The standard InChI is InChI=1S/C13H12N4O/c14-7-4-10-17(11-5-2-1-3-6-11)12-13(18)16-9-8-15-12/h1-3,5-6,8-9H,4,10H2,(H,16,18). The number of hydrogen-bond donors (Lipinski definition) is 1. The minimum absolute atomic E-state index is 0.265. The Morgan fingerprint density at radius 2 is 2.11 bits per heavy atom. The summed E-state index contributed by atoms with van der Waals surface area (Å²) < 4.78 is 0. The number of aromatic nitrogens is 2. The van der Waals surface area contributed by atoms with Crippen molar-refractivity contribution in [2.45, 2.75) is 6.42 Å². The SMILES string of the molecule is N#CCCN(c1ccccc1)c1ncc[nH]c1=O. The minimum Gasteiger partial charge on any atom is -0.324 e. The highest BCUT2D eigenvalue weighted by Crippen LogP contribution is 2.19. The molecule has 0 aliphatic rings. The molecule has 1 heterocycles. The minimum atomic E-state index is -0.265. The Morgan fingerprint density at radius 3 is 2.78 bits per heavy atom. The molecule has 0 aliphatic heterocycles. The second-order valence-corrected chi connectivity index (χ2v) is 3.64.